The maximum Gasteiger partial charge on any atom is 0.412 e. The fraction of sp³-hybridized carbons (Fsp3) is 0.286. The number of carbonyl (C=O) groups excluding carboxylic acids is 3. The molecule has 188 valence electrons. The summed E-state index contributed by atoms with van der Waals surface area (Å²) in [6, 6.07) is 13.8. The summed E-state index contributed by atoms with van der Waals surface area (Å²) in [5.41, 5.74) is 2.58. The molecule has 0 radical (unpaired) electrons. The minimum atomic E-state index is -1.52. The van der Waals surface area contributed by atoms with E-state index in [2.05, 4.69) is 15.6 Å². The monoisotopic (exact) mass is 507 g/mol. The second-order valence-electron chi connectivity index (χ2n) is 9.74. The van der Waals surface area contributed by atoms with Crippen molar-refractivity contribution in [1.82, 2.24) is 4.98 Å². The third-order valence-corrected chi connectivity index (χ3v) is 6.04. The maximum absolute atomic E-state index is 13.5. The maximum atomic E-state index is 13.5. The van der Waals surface area contributed by atoms with Crippen LogP contribution in [0.2, 0.25) is 5.02 Å². The van der Waals surface area contributed by atoms with Gasteiger partial charge < -0.3 is 14.8 Å². The van der Waals surface area contributed by atoms with Crippen LogP contribution in [-0.2, 0) is 19.7 Å². The van der Waals surface area contributed by atoms with Crippen LogP contribution in [0.5, 0.6) is 0 Å². The van der Waals surface area contributed by atoms with Gasteiger partial charge in [0.05, 0.1) is 11.4 Å². The Morgan fingerprint density at radius 3 is 2.36 bits per heavy atom. The molecular weight excluding hydrogens is 478 g/mol. The Morgan fingerprint density at radius 1 is 0.972 bits per heavy atom. The average Bonchev–Trinajstić information content (AvgIpc) is 2.81. The highest BCUT2D eigenvalue weighted by Crippen LogP contribution is 2.32. The van der Waals surface area contributed by atoms with Crippen LogP contribution in [-0.4, -0.2) is 28.9 Å². The zero-order valence-electron chi connectivity index (χ0n) is 21.2. The molecule has 0 aliphatic heterocycles. The molecular formula is C28H30ClN3O4. The first-order valence-corrected chi connectivity index (χ1v) is 11.8. The van der Waals surface area contributed by atoms with Crippen molar-refractivity contribution in [3.8, 4) is 11.1 Å². The number of benzene rings is 2. The van der Waals surface area contributed by atoms with Crippen molar-refractivity contribution in [3.05, 3.63) is 76.6 Å². The molecule has 3 aromatic rings. The fourth-order valence-electron chi connectivity index (χ4n) is 3.61. The molecule has 0 spiro atoms. The molecule has 7 nitrogen and oxygen atoms in total. The zero-order chi connectivity index (χ0) is 26.7. The van der Waals surface area contributed by atoms with Crippen molar-refractivity contribution in [2.24, 2.45) is 0 Å². The Morgan fingerprint density at radius 2 is 1.69 bits per heavy atom. The van der Waals surface area contributed by atoms with Crippen LogP contribution in [0.1, 0.15) is 44.5 Å². The number of nitrogens with zero attached hydrogens (tertiary/aromatic N) is 1. The highest BCUT2D eigenvalue weighted by molar-refractivity contribution is 6.31. The van der Waals surface area contributed by atoms with E-state index in [4.69, 9.17) is 16.3 Å². The molecule has 1 unspecified atom stereocenters. The Balaban J connectivity index is 1.94. The number of ether oxygens (including phenoxy) is 1. The number of halogens is 1. The summed E-state index contributed by atoms with van der Waals surface area (Å²) >= 11 is 6.15. The fourth-order valence-corrected chi connectivity index (χ4v) is 3.78. The normalized spacial score (nSPS) is 12.9. The molecule has 36 heavy (non-hydrogen) atoms. The van der Waals surface area contributed by atoms with Gasteiger partial charge in [-0.25, -0.2) is 4.79 Å². The number of amides is 2. The van der Waals surface area contributed by atoms with Crippen LogP contribution in [0.25, 0.3) is 11.1 Å². The van der Waals surface area contributed by atoms with Gasteiger partial charge in [-0.3, -0.25) is 15.1 Å². The van der Waals surface area contributed by atoms with Gasteiger partial charge in [0.25, 0.3) is 0 Å². The highest BCUT2D eigenvalue weighted by Gasteiger charge is 2.36. The number of hydrogen-bond acceptors (Lipinski definition) is 5. The van der Waals surface area contributed by atoms with E-state index in [1.807, 2.05) is 38.1 Å². The molecule has 2 N–H and O–H groups in total. The third-order valence-electron chi connectivity index (χ3n) is 5.80. The van der Waals surface area contributed by atoms with Crippen molar-refractivity contribution in [2.45, 2.75) is 52.6 Å². The van der Waals surface area contributed by atoms with Gasteiger partial charge in [0.2, 0.25) is 5.91 Å². The van der Waals surface area contributed by atoms with Gasteiger partial charge in [0.15, 0.2) is 0 Å². The molecule has 2 aromatic carbocycles. The van der Waals surface area contributed by atoms with Gasteiger partial charge in [-0.2, -0.15) is 0 Å². The smallest absolute Gasteiger partial charge is 0.412 e. The van der Waals surface area contributed by atoms with Crippen LogP contribution in [0.3, 0.4) is 0 Å². The van der Waals surface area contributed by atoms with Crippen molar-refractivity contribution in [2.75, 3.05) is 10.6 Å². The Labute approximate surface area is 216 Å². The van der Waals surface area contributed by atoms with Crippen LogP contribution >= 0.6 is 11.6 Å². The van der Waals surface area contributed by atoms with Gasteiger partial charge in [-0.15, -0.1) is 0 Å². The summed E-state index contributed by atoms with van der Waals surface area (Å²) in [6.07, 6.45) is 1.65. The molecule has 0 saturated carbocycles. The number of pyridine rings is 1. The van der Waals surface area contributed by atoms with Crippen LogP contribution in [0.4, 0.5) is 16.2 Å². The summed E-state index contributed by atoms with van der Waals surface area (Å²) < 4.78 is 5.31. The lowest BCUT2D eigenvalue weighted by molar-refractivity contribution is -0.126. The van der Waals surface area contributed by atoms with Gasteiger partial charge in [-0.05, 0) is 94.1 Å². The molecule has 0 fully saturated rings. The molecule has 0 saturated heterocycles. The number of anilines is 2. The van der Waals surface area contributed by atoms with E-state index in [1.54, 1.807) is 52.1 Å². The van der Waals surface area contributed by atoms with Crippen molar-refractivity contribution >= 4 is 41.3 Å². The lowest BCUT2D eigenvalue weighted by atomic mass is 9.81. The Bertz CT molecular complexity index is 1320. The van der Waals surface area contributed by atoms with Crippen LogP contribution in [0, 0.1) is 13.8 Å². The van der Waals surface area contributed by atoms with Crippen molar-refractivity contribution in [1.29, 1.82) is 0 Å². The molecule has 1 atom stereocenters. The van der Waals surface area contributed by atoms with E-state index in [-0.39, 0.29) is 11.4 Å². The Hall–Kier alpha value is -3.71. The molecule has 1 aromatic heterocycles. The van der Waals surface area contributed by atoms with Crippen molar-refractivity contribution in [3.63, 3.8) is 0 Å². The standard InChI is InChI=1S/C28H30ClN3O4/c1-17-18(2)30-13-12-22(17)19-8-7-9-20(14-19)28(6,16-33)25(34)31-24-15-21(29)10-11-23(24)32-26(35)36-27(3,4)5/h7-16H,1-6H3,(H,31,34)(H,32,35). The summed E-state index contributed by atoms with van der Waals surface area (Å²) in [4.78, 5) is 42.4. The minimum absolute atomic E-state index is 0.239. The summed E-state index contributed by atoms with van der Waals surface area (Å²) in [5.74, 6) is -0.577. The van der Waals surface area contributed by atoms with E-state index >= 15 is 0 Å². The second-order valence-corrected chi connectivity index (χ2v) is 10.2. The van der Waals surface area contributed by atoms with E-state index < -0.39 is 23.0 Å². The third kappa shape index (κ3) is 6.10. The lowest BCUT2D eigenvalue weighted by Gasteiger charge is -2.25. The Kier molecular flexibility index (Phi) is 7.84. The van der Waals surface area contributed by atoms with Crippen LogP contribution in [0.15, 0.2) is 54.7 Å². The van der Waals surface area contributed by atoms with E-state index in [0.717, 1.165) is 22.4 Å². The van der Waals surface area contributed by atoms with Gasteiger partial charge >= 0.3 is 6.09 Å². The SMILES string of the molecule is Cc1nccc(-c2cccc(C(C)(C=O)C(=O)Nc3cc(Cl)ccc3NC(=O)OC(C)(C)C)c2)c1C. The highest BCUT2D eigenvalue weighted by atomic mass is 35.5. The molecule has 3 rings (SSSR count). The van der Waals surface area contributed by atoms with Crippen molar-refractivity contribution < 1.29 is 19.1 Å². The number of hydrogen-bond donors (Lipinski definition) is 2. The zero-order valence-corrected chi connectivity index (χ0v) is 22.0. The number of aldehydes is 1. The molecule has 2 amide bonds. The first kappa shape index (κ1) is 26.9. The molecule has 0 aliphatic carbocycles. The largest absolute Gasteiger partial charge is 0.444 e. The predicted octanol–water partition coefficient (Wildman–Crippen LogP) is 6.46. The number of rotatable bonds is 6. The number of carbonyl (C=O) groups is 3. The minimum Gasteiger partial charge on any atom is -0.444 e. The first-order valence-electron chi connectivity index (χ1n) is 11.4. The quantitative estimate of drug-likeness (QED) is 0.294. The number of aromatic nitrogens is 1. The van der Waals surface area contributed by atoms with Gasteiger partial charge in [-0.1, -0.05) is 29.8 Å². The summed E-state index contributed by atoms with van der Waals surface area (Å²) in [5, 5.41) is 5.72. The number of aryl methyl sites for hydroxylation is 1. The van der Waals surface area contributed by atoms with Crippen LogP contribution < -0.4 is 10.6 Å². The topological polar surface area (TPSA) is 97.4 Å². The van der Waals surface area contributed by atoms with E-state index in [9.17, 15) is 14.4 Å². The molecule has 0 bridgehead atoms. The summed E-state index contributed by atoms with van der Waals surface area (Å²) in [7, 11) is 0. The predicted molar refractivity (Wildman–Crippen MR) is 143 cm³/mol. The molecule has 0 aliphatic rings. The van der Waals surface area contributed by atoms with E-state index in [1.165, 1.54) is 6.07 Å². The molecule has 8 heteroatoms. The van der Waals surface area contributed by atoms with E-state index in [0.29, 0.717) is 16.9 Å². The molecule has 1 heterocycles. The van der Waals surface area contributed by atoms with Gasteiger partial charge in [0.1, 0.15) is 17.3 Å². The average molecular weight is 508 g/mol. The summed E-state index contributed by atoms with van der Waals surface area (Å²) in [6.45, 7) is 10.7. The second kappa shape index (κ2) is 10.5. The van der Waals surface area contributed by atoms with Gasteiger partial charge in [0, 0.05) is 16.9 Å². The number of nitrogens with one attached hydrogen (secondary N) is 2. The first-order chi connectivity index (χ1) is 16.8. The lowest BCUT2D eigenvalue weighted by Crippen LogP contribution is -2.39.